The van der Waals surface area contributed by atoms with E-state index in [0.29, 0.717) is 12.8 Å². The van der Waals surface area contributed by atoms with Crippen LogP contribution in [0.4, 0.5) is 0 Å². The first-order valence-corrected chi connectivity index (χ1v) is 18.3. The lowest BCUT2D eigenvalue weighted by Crippen LogP contribution is -2.28. The van der Waals surface area contributed by atoms with Gasteiger partial charge in [-0.1, -0.05) is 169 Å². The molecule has 0 aromatic rings. The number of ether oxygens (including phenoxy) is 2. The van der Waals surface area contributed by atoms with E-state index in [0.717, 1.165) is 50.4 Å². The molecule has 42 heavy (non-hydrogen) atoms. The van der Waals surface area contributed by atoms with Gasteiger partial charge in [0.05, 0.1) is 6.61 Å². The van der Waals surface area contributed by atoms with E-state index in [1.54, 1.807) is 0 Å². The fourth-order valence-electron chi connectivity index (χ4n) is 5.45. The van der Waals surface area contributed by atoms with Crippen LogP contribution in [0.3, 0.4) is 0 Å². The first-order chi connectivity index (χ1) is 20.3. The predicted octanol–water partition coefficient (Wildman–Crippen LogP) is 10.9. The fraction of sp³-hybridized carbons (Fsp3) is 0.946. The smallest absolute Gasteiger partial charge is 0.306 e. The van der Waals surface area contributed by atoms with Gasteiger partial charge in [-0.3, -0.25) is 9.59 Å². The van der Waals surface area contributed by atoms with Crippen LogP contribution in [-0.2, 0) is 19.1 Å². The highest BCUT2D eigenvalue weighted by Crippen LogP contribution is 2.16. The molecule has 0 heterocycles. The second kappa shape index (κ2) is 31.3. The van der Waals surface area contributed by atoms with Crippen LogP contribution in [0.5, 0.6) is 0 Å². The maximum absolute atomic E-state index is 12.1. The highest BCUT2D eigenvalue weighted by molar-refractivity contribution is 5.70. The Morgan fingerprint density at radius 2 is 0.786 bits per heavy atom. The van der Waals surface area contributed by atoms with E-state index in [-0.39, 0.29) is 25.2 Å². The molecule has 0 saturated carbocycles. The fourth-order valence-corrected chi connectivity index (χ4v) is 5.45. The molecule has 5 heteroatoms. The van der Waals surface area contributed by atoms with E-state index in [4.69, 9.17) is 9.47 Å². The molecule has 5 nitrogen and oxygen atoms in total. The van der Waals surface area contributed by atoms with Gasteiger partial charge in [0, 0.05) is 12.8 Å². The molecule has 250 valence electrons. The maximum atomic E-state index is 12.1. The lowest BCUT2D eigenvalue weighted by Gasteiger charge is -2.15. The van der Waals surface area contributed by atoms with Crippen LogP contribution in [0.25, 0.3) is 0 Å². The van der Waals surface area contributed by atoms with Gasteiger partial charge in [-0.25, -0.2) is 0 Å². The zero-order valence-electron chi connectivity index (χ0n) is 28.6. The molecule has 0 amide bonds. The summed E-state index contributed by atoms with van der Waals surface area (Å²) in [7, 11) is 0. The minimum atomic E-state index is -0.762. The molecule has 0 spiro atoms. The van der Waals surface area contributed by atoms with Crippen molar-refractivity contribution in [2.45, 2.75) is 201 Å². The van der Waals surface area contributed by atoms with Crippen molar-refractivity contribution < 1.29 is 24.2 Å². The van der Waals surface area contributed by atoms with E-state index in [1.165, 1.54) is 116 Å². The molecule has 0 fully saturated rings. The Bertz CT molecular complexity index is 589. The van der Waals surface area contributed by atoms with Gasteiger partial charge in [0.15, 0.2) is 6.10 Å². The Morgan fingerprint density at radius 1 is 0.476 bits per heavy atom. The third-order valence-corrected chi connectivity index (χ3v) is 8.26. The molecule has 1 atom stereocenters. The number of rotatable bonds is 32. The van der Waals surface area contributed by atoms with Crippen LogP contribution in [0.15, 0.2) is 0 Å². The molecule has 0 bridgehead atoms. The second-order valence-electron chi connectivity index (χ2n) is 13.6. The van der Waals surface area contributed by atoms with Gasteiger partial charge >= 0.3 is 11.9 Å². The van der Waals surface area contributed by atoms with Crippen LogP contribution in [0.2, 0.25) is 0 Å². The Labute approximate surface area is 261 Å². The normalized spacial score (nSPS) is 12.3. The standard InChI is InChI=1S/C37H72O5/c1-33(2)27-23-19-15-12-10-8-6-5-7-9-11-13-17-22-26-30-37(40)42-35(31-38)32-41-36(39)29-25-21-18-14-16-20-24-28-34(3)4/h33-35,38H,5-32H2,1-4H3/t35-/m0/s1. The quantitative estimate of drug-likeness (QED) is 0.0617. The molecular formula is C37H72O5. The number of carbonyl (C=O) groups excluding carboxylic acids is 2. The molecule has 0 aliphatic carbocycles. The van der Waals surface area contributed by atoms with Crippen LogP contribution in [0, 0.1) is 11.8 Å². The van der Waals surface area contributed by atoms with Crippen molar-refractivity contribution in [3.8, 4) is 0 Å². The average molecular weight is 597 g/mol. The summed E-state index contributed by atoms with van der Waals surface area (Å²) >= 11 is 0. The summed E-state index contributed by atoms with van der Waals surface area (Å²) < 4.78 is 10.6. The SMILES string of the molecule is CC(C)CCCCCCCCCCCCCCCCCC(=O)O[C@@H](CO)COC(=O)CCCCCCCCCC(C)C. The monoisotopic (exact) mass is 597 g/mol. The van der Waals surface area contributed by atoms with E-state index >= 15 is 0 Å². The molecule has 0 aliphatic rings. The maximum Gasteiger partial charge on any atom is 0.306 e. The summed E-state index contributed by atoms with van der Waals surface area (Å²) in [5.41, 5.74) is 0. The predicted molar refractivity (Wildman–Crippen MR) is 178 cm³/mol. The number of hydrogen-bond acceptors (Lipinski definition) is 5. The largest absolute Gasteiger partial charge is 0.462 e. The van der Waals surface area contributed by atoms with Crippen molar-refractivity contribution in [3.63, 3.8) is 0 Å². The Morgan fingerprint density at radius 3 is 1.12 bits per heavy atom. The van der Waals surface area contributed by atoms with Gasteiger partial charge in [-0.05, 0) is 24.7 Å². The Balaban J connectivity index is 3.50. The number of unbranched alkanes of at least 4 members (excludes halogenated alkanes) is 20. The van der Waals surface area contributed by atoms with Crippen LogP contribution in [-0.4, -0.2) is 36.4 Å². The van der Waals surface area contributed by atoms with E-state index in [9.17, 15) is 14.7 Å². The van der Waals surface area contributed by atoms with Crippen molar-refractivity contribution >= 4 is 11.9 Å². The van der Waals surface area contributed by atoms with E-state index in [2.05, 4.69) is 27.7 Å². The molecule has 0 aromatic heterocycles. The number of esters is 2. The molecule has 0 aromatic carbocycles. The van der Waals surface area contributed by atoms with Crippen molar-refractivity contribution in [3.05, 3.63) is 0 Å². The van der Waals surface area contributed by atoms with Gasteiger partial charge in [-0.15, -0.1) is 0 Å². The van der Waals surface area contributed by atoms with Gasteiger partial charge in [0.25, 0.3) is 0 Å². The minimum absolute atomic E-state index is 0.0602. The average Bonchev–Trinajstić information content (AvgIpc) is 2.95. The van der Waals surface area contributed by atoms with Crippen molar-refractivity contribution in [2.75, 3.05) is 13.2 Å². The topological polar surface area (TPSA) is 72.8 Å². The minimum Gasteiger partial charge on any atom is -0.462 e. The summed E-state index contributed by atoms with van der Waals surface area (Å²) in [5, 5.41) is 9.51. The number of carbonyl (C=O) groups is 2. The van der Waals surface area contributed by atoms with Crippen LogP contribution in [0.1, 0.15) is 195 Å². The third kappa shape index (κ3) is 31.8. The second-order valence-corrected chi connectivity index (χ2v) is 13.6. The molecule has 0 rings (SSSR count). The van der Waals surface area contributed by atoms with E-state index in [1.807, 2.05) is 0 Å². The highest BCUT2D eigenvalue weighted by atomic mass is 16.6. The number of hydrogen-bond donors (Lipinski definition) is 1. The van der Waals surface area contributed by atoms with Gasteiger partial charge in [0.1, 0.15) is 6.61 Å². The summed E-state index contributed by atoms with van der Waals surface area (Å²) in [5.74, 6) is 1.06. The van der Waals surface area contributed by atoms with Gasteiger partial charge in [-0.2, -0.15) is 0 Å². The van der Waals surface area contributed by atoms with Crippen molar-refractivity contribution in [1.29, 1.82) is 0 Å². The number of aliphatic hydroxyl groups excluding tert-OH is 1. The molecule has 0 saturated heterocycles. The zero-order valence-corrected chi connectivity index (χ0v) is 28.6. The molecule has 1 N–H and O–H groups in total. The summed E-state index contributed by atoms with van der Waals surface area (Å²) in [6.07, 6.45) is 30.3. The Hall–Kier alpha value is -1.10. The molecule has 0 unspecified atom stereocenters. The summed E-state index contributed by atoms with van der Waals surface area (Å²) in [6.45, 7) is 8.79. The van der Waals surface area contributed by atoms with E-state index < -0.39 is 6.10 Å². The molecule has 0 aliphatic heterocycles. The first kappa shape index (κ1) is 40.9. The van der Waals surface area contributed by atoms with Crippen molar-refractivity contribution in [2.24, 2.45) is 11.8 Å². The summed E-state index contributed by atoms with van der Waals surface area (Å²) in [4.78, 5) is 24.1. The van der Waals surface area contributed by atoms with Gasteiger partial charge < -0.3 is 14.6 Å². The lowest BCUT2D eigenvalue weighted by molar-refractivity contribution is -0.161. The highest BCUT2D eigenvalue weighted by Gasteiger charge is 2.16. The third-order valence-electron chi connectivity index (χ3n) is 8.26. The molecular weight excluding hydrogens is 524 g/mol. The summed E-state index contributed by atoms with van der Waals surface area (Å²) in [6, 6.07) is 0. The zero-order chi connectivity index (χ0) is 31.1. The Kier molecular flexibility index (Phi) is 30.5. The van der Waals surface area contributed by atoms with Crippen LogP contribution >= 0.6 is 0 Å². The van der Waals surface area contributed by atoms with Gasteiger partial charge in [0.2, 0.25) is 0 Å². The molecule has 0 radical (unpaired) electrons. The van der Waals surface area contributed by atoms with Crippen LogP contribution < -0.4 is 0 Å². The van der Waals surface area contributed by atoms with Crippen molar-refractivity contribution in [1.82, 2.24) is 0 Å². The first-order valence-electron chi connectivity index (χ1n) is 18.3. The lowest BCUT2D eigenvalue weighted by atomic mass is 10.0. The number of aliphatic hydroxyl groups is 1.